The van der Waals surface area contributed by atoms with Crippen molar-refractivity contribution in [3.05, 3.63) is 99.1 Å². The van der Waals surface area contributed by atoms with Crippen molar-refractivity contribution in [2.45, 2.75) is 31.5 Å². The maximum Gasteiger partial charge on any atom is 0.416 e. The number of pyridine rings is 1. The van der Waals surface area contributed by atoms with E-state index < -0.39 is 32.8 Å². The molecule has 4 rings (SSSR count). The Hall–Kier alpha value is -4.83. The van der Waals surface area contributed by atoms with Gasteiger partial charge in [0.25, 0.3) is 5.91 Å². The molecule has 2 heterocycles. The van der Waals surface area contributed by atoms with E-state index in [0.29, 0.717) is 11.3 Å². The van der Waals surface area contributed by atoms with Crippen molar-refractivity contribution in [3.63, 3.8) is 0 Å². The average molecular weight is 570 g/mol. The highest BCUT2D eigenvalue weighted by molar-refractivity contribution is 7.98. The number of hydrogen-bond donors (Lipinski definition) is 2. The molecule has 0 aliphatic heterocycles. The van der Waals surface area contributed by atoms with Crippen LogP contribution in [0.1, 0.15) is 32.9 Å². The number of benzene rings is 2. The second kappa shape index (κ2) is 10.7. The van der Waals surface area contributed by atoms with Crippen LogP contribution in [0.4, 0.5) is 13.2 Å². The fraction of sp³-hybridized carbons (Fsp3) is 0.148. The monoisotopic (exact) mass is 569 g/mol. The first-order valence-corrected chi connectivity index (χ1v) is 13.3. The van der Waals surface area contributed by atoms with Crippen LogP contribution in [-0.4, -0.2) is 25.7 Å². The molecule has 2 N–H and O–H groups in total. The highest BCUT2D eigenvalue weighted by atomic mass is 32.2. The first-order valence-electron chi connectivity index (χ1n) is 11.6. The first-order chi connectivity index (χ1) is 18.8. The van der Waals surface area contributed by atoms with E-state index in [1.165, 1.54) is 42.0 Å². The molecule has 0 saturated heterocycles. The van der Waals surface area contributed by atoms with Gasteiger partial charge in [-0.15, -0.1) is 0 Å². The first kappa shape index (κ1) is 28.2. The fourth-order valence-electron chi connectivity index (χ4n) is 3.99. The zero-order chi connectivity index (χ0) is 29.2. The number of hydrogen-bond acceptors (Lipinski definition) is 6. The molecule has 1 unspecified atom stereocenters. The van der Waals surface area contributed by atoms with Crippen molar-refractivity contribution < 1.29 is 26.7 Å². The minimum absolute atomic E-state index is 0.0182. The van der Waals surface area contributed by atoms with E-state index in [9.17, 15) is 27.0 Å². The van der Waals surface area contributed by atoms with Crippen LogP contribution in [0.2, 0.25) is 0 Å². The number of carbonyl (C=O) groups excluding carboxylic acids is 1. The molecule has 0 fully saturated rings. The summed E-state index contributed by atoms with van der Waals surface area (Å²) in [4.78, 5) is 27.0. The third kappa shape index (κ3) is 5.76. The Labute approximate surface area is 227 Å². The molecule has 0 aliphatic carbocycles. The predicted molar refractivity (Wildman–Crippen MR) is 142 cm³/mol. The smallest absolute Gasteiger partial charge is 0.348 e. The second-order valence-corrected chi connectivity index (χ2v) is 10.8. The molecule has 2 aromatic carbocycles. The van der Waals surface area contributed by atoms with Crippen molar-refractivity contribution in [1.82, 2.24) is 19.8 Å². The van der Waals surface area contributed by atoms with E-state index in [-0.39, 0.29) is 39.7 Å². The van der Waals surface area contributed by atoms with E-state index in [4.69, 9.17) is 9.78 Å². The molecule has 0 spiro atoms. The van der Waals surface area contributed by atoms with E-state index in [1.807, 2.05) is 0 Å². The third-order valence-corrected chi connectivity index (χ3v) is 7.45. The molecule has 13 heteroatoms. The molecular formula is C27H22F3N5O4S. The molecular weight excluding hydrogens is 547 g/mol. The highest BCUT2D eigenvalue weighted by Gasteiger charge is 2.31. The predicted octanol–water partition coefficient (Wildman–Crippen LogP) is 4.12. The number of nitrogens with zero attached hydrogens (tertiary/aromatic N) is 3. The number of nitriles is 1. The zero-order valence-corrected chi connectivity index (χ0v) is 22.0. The fourth-order valence-corrected chi connectivity index (χ4v) is 4.83. The molecule has 0 bridgehead atoms. The summed E-state index contributed by atoms with van der Waals surface area (Å²) >= 11 is 0. The Kier molecular flexibility index (Phi) is 7.57. The number of rotatable bonds is 7. The van der Waals surface area contributed by atoms with Gasteiger partial charge < -0.3 is 9.84 Å². The van der Waals surface area contributed by atoms with Crippen molar-refractivity contribution in [3.8, 4) is 23.2 Å². The largest absolute Gasteiger partial charge is 0.416 e. The Morgan fingerprint density at radius 1 is 1.18 bits per heavy atom. The van der Waals surface area contributed by atoms with Gasteiger partial charge in [-0.25, -0.2) is 8.93 Å². The zero-order valence-electron chi connectivity index (χ0n) is 21.2. The van der Waals surface area contributed by atoms with E-state index in [2.05, 4.69) is 21.1 Å². The summed E-state index contributed by atoms with van der Waals surface area (Å²) in [6, 6.07) is 11.9. The Morgan fingerprint density at radius 2 is 1.88 bits per heavy atom. The summed E-state index contributed by atoms with van der Waals surface area (Å²) in [5, 5.41) is 15.2. The maximum absolute atomic E-state index is 13.5. The van der Waals surface area contributed by atoms with Gasteiger partial charge in [0.2, 0.25) is 11.3 Å². The van der Waals surface area contributed by atoms with Gasteiger partial charge in [-0.05, 0) is 55.1 Å². The van der Waals surface area contributed by atoms with Crippen LogP contribution in [-0.2, 0) is 22.4 Å². The average Bonchev–Trinajstić information content (AvgIpc) is 3.33. The number of alkyl halides is 3. The van der Waals surface area contributed by atoms with Gasteiger partial charge in [-0.2, -0.15) is 18.4 Å². The molecule has 0 aliphatic rings. The van der Waals surface area contributed by atoms with E-state index in [1.54, 1.807) is 31.3 Å². The molecule has 0 radical (unpaired) electrons. The van der Waals surface area contributed by atoms with Crippen LogP contribution in [0.25, 0.3) is 17.0 Å². The van der Waals surface area contributed by atoms with Crippen LogP contribution in [0.3, 0.4) is 0 Å². The summed E-state index contributed by atoms with van der Waals surface area (Å²) < 4.78 is 61.4. The number of amides is 1. The van der Waals surface area contributed by atoms with Gasteiger partial charge in [0, 0.05) is 30.1 Å². The highest BCUT2D eigenvalue weighted by Crippen LogP contribution is 2.32. The van der Waals surface area contributed by atoms with Crippen LogP contribution in [0.15, 0.2) is 75.0 Å². The van der Waals surface area contributed by atoms with Crippen LogP contribution in [0, 0.1) is 25.3 Å². The lowest BCUT2D eigenvalue weighted by Gasteiger charge is -2.16. The van der Waals surface area contributed by atoms with Crippen LogP contribution < -0.4 is 15.5 Å². The summed E-state index contributed by atoms with van der Waals surface area (Å²) in [5.74, 6) is 2.87. The molecule has 0 saturated carbocycles. The molecule has 1 amide bonds. The lowest BCUT2D eigenvalue weighted by atomic mass is 9.99. The molecule has 4 aromatic rings. The summed E-state index contributed by atoms with van der Waals surface area (Å²) in [5.41, 5.74) is -0.822. The quantitative estimate of drug-likeness (QED) is 0.196. The second-order valence-electron chi connectivity index (χ2n) is 8.80. The van der Waals surface area contributed by atoms with E-state index >= 15 is 0 Å². The maximum atomic E-state index is 13.5. The van der Waals surface area contributed by atoms with Crippen molar-refractivity contribution in [2.24, 2.45) is 0 Å². The van der Waals surface area contributed by atoms with Gasteiger partial charge in [0.15, 0.2) is 6.19 Å². The van der Waals surface area contributed by atoms with Gasteiger partial charge in [0.1, 0.15) is 5.56 Å². The molecule has 9 nitrogen and oxygen atoms in total. The van der Waals surface area contributed by atoms with Gasteiger partial charge >= 0.3 is 6.18 Å². The summed E-state index contributed by atoms with van der Waals surface area (Å²) in [6.45, 7) is 3.16. The third-order valence-electron chi connectivity index (χ3n) is 6.00. The van der Waals surface area contributed by atoms with Crippen molar-refractivity contribution in [2.75, 3.05) is 0 Å². The SMILES string of the molecule is C=S(=O)(NC#N)c1ccc(CNC(=O)c2cn(-c3cc(C)no3)c(C)c(-c3cccc(C(F)(F)F)c3)c2=O)cc1. The van der Waals surface area contributed by atoms with Crippen LogP contribution in [0.5, 0.6) is 0 Å². The Balaban J connectivity index is 1.73. The molecule has 40 heavy (non-hydrogen) atoms. The van der Waals surface area contributed by atoms with Crippen molar-refractivity contribution in [1.29, 1.82) is 5.26 Å². The normalized spacial score (nSPS) is 12.8. The number of halogens is 3. The lowest BCUT2D eigenvalue weighted by Crippen LogP contribution is -2.30. The molecule has 206 valence electrons. The molecule has 2 aromatic heterocycles. The van der Waals surface area contributed by atoms with Crippen molar-refractivity contribution >= 4 is 21.5 Å². The van der Waals surface area contributed by atoms with Gasteiger partial charge in [0.05, 0.1) is 25.9 Å². The minimum atomic E-state index is -4.64. The van der Waals surface area contributed by atoms with Crippen LogP contribution >= 0.6 is 0 Å². The van der Waals surface area contributed by atoms with Gasteiger partial charge in [-0.1, -0.05) is 29.4 Å². The minimum Gasteiger partial charge on any atom is -0.348 e. The number of aromatic nitrogens is 2. The number of carbonyl (C=O) groups is 1. The topological polar surface area (TPSA) is 130 Å². The molecule has 1 atom stereocenters. The van der Waals surface area contributed by atoms with Gasteiger partial charge in [-0.3, -0.25) is 14.2 Å². The standard InChI is InChI=1S/C27H22F3N5O4S/c1-16-11-23(39-34-16)35-14-22(25(36)24(17(35)2)19-5-4-6-20(12-19)27(28,29)30)26(37)32-13-18-7-9-21(10-8-18)40(3,38)33-15-31/h4-12,14H,3,13H2,1-2H3,(H,32,37)(H,33,38). The summed E-state index contributed by atoms with van der Waals surface area (Å²) in [6.07, 6.45) is -1.80. The summed E-state index contributed by atoms with van der Waals surface area (Å²) in [7, 11) is -3.01. The number of nitrogens with one attached hydrogen (secondary N) is 2. The Bertz CT molecular complexity index is 1800. The Morgan fingerprint density at radius 3 is 2.48 bits per heavy atom. The van der Waals surface area contributed by atoms with E-state index in [0.717, 1.165) is 12.1 Å². The lowest BCUT2D eigenvalue weighted by molar-refractivity contribution is -0.137. The number of aryl methyl sites for hydroxylation is 1.